The summed E-state index contributed by atoms with van der Waals surface area (Å²) in [6, 6.07) is 4.81. The normalized spacial score (nSPS) is 15.0. The lowest BCUT2D eigenvalue weighted by atomic mass is 9.97. The second-order valence-corrected chi connectivity index (χ2v) is 7.43. The number of carbonyl (C=O) groups excluding carboxylic acids is 2. The van der Waals surface area contributed by atoms with Gasteiger partial charge in [0.2, 0.25) is 5.95 Å². The van der Waals surface area contributed by atoms with Crippen molar-refractivity contribution in [3.63, 3.8) is 0 Å². The van der Waals surface area contributed by atoms with Crippen molar-refractivity contribution < 1.29 is 9.59 Å². The molecule has 0 aliphatic carbocycles. The van der Waals surface area contributed by atoms with Crippen LogP contribution in [0.3, 0.4) is 0 Å². The maximum Gasteiger partial charge on any atom is 0.261 e. The Morgan fingerprint density at radius 2 is 2.04 bits per heavy atom. The highest BCUT2D eigenvalue weighted by Crippen LogP contribution is 2.21. The minimum atomic E-state index is -0.261. The van der Waals surface area contributed by atoms with Gasteiger partial charge in [-0.05, 0) is 37.8 Å². The van der Waals surface area contributed by atoms with E-state index < -0.39 is 0 Å². The number of piperidine rings is 1. The summed E-state index contributed by atoms with van der Waals surface area (Å²) in [5.41, 5.74) is 5.33. The molecule has 0 atom stereocenters. The van der Waals surface area contributed by atoms with Crippen LogP contribution in [0.4, 0.5) is 11.8 Å². The Morgan fingerprint density at radius 1 is 1.35 bits per heavy atom. The van der Waals surface area contributed by atoms with E-state index >= 15 is 0 Å². The first-order chi connectivity index (χ1) is 12.4. The first-order valence-electron chi connectivity index (χ1n) is 8.43. The van der Waals surface area contributed by atoms with Crippen molar-refractivity contribution >= 4 is 34.8 Å². The smallest absolute Gasteiger partial charge is 0.261 e. The van der Waals surface area contributed by atoms with Crippen LogP contribution in [0.1, 0.15) is 39.1 Å². The van der Waals surface area contributed by atoms with Gasteiger partial charge in [-0.2, -0.15) is 4.98 Å². The Kier molecular flexibility index (Phi) is 5.36. The number of hydrogen-bond acceptors (Lipinski definition) is 7. The molecule has 8 nitrogen and oxygen atoms in total. The molecule has 3 heterocycles. The van der Waals surface area contributed by atoms with Crippen LogP contribution in [0.15, 0.2) is 23.0 Å². The van der Waals surface area contributed by atoms with E-state index in [1.165, 1.54) is 24.3 Å². The van der Waals surface area contributed by atoms with E-state index in [0.29, 0.717) is 28.0 Å². The predicted molar refractivity (Wildman–Crippen MR) is 101 cm³/mol. The fourth-order valence-corrected chi connectivity index (χ4v) is 3.78. The lowest BCUT2D eigenvalue weighted by molar-refractivity contribution is 0.0948. The molecule has 9 heteroatoms. The van der Waals surface area contributed by atoms with Crippen LogP contribution in [-0.4, -0.2) is 41.3 Å². The number of hydrogen-bond donors (Lipinski definition) is 3. The molecule has 0 unspecified atom stereocenters. The van der Waals surface area contributed by atoms with Crippen molar-refractivity contribution in [1.82, 2.24) is 15.3 Å². The van der Waals surface area contributed by atoms with E-state index in [0.717, 1.165) is 25.9 Å². The zero-order valence-corrected chi connectivity index (χ0v) is 15.3. The van der Waals surface area contributed by atoms with Gasteiger partial charge in [-0.25, -0.2) is 0 Å². The maximum absolute atomic E-state index is 12.2. The molecule has 0 spiro atoms. The van der Waals surface area contributed by atoms with Crippen LogP contribution in [0.25, 0.3) is 0 Å². The molecule has 0 radical (unpaired) electrons. The average molecular weight is 375 g/mol. The Bertz CT molecular complexity index is 867. The zero-order valence-electron chi connectivity index (χ0n) is 14.4. The number of thiophene rings is 1. The van der Waals surface area contributed by atoms with Gasteiger partial charge in [0.1, 0.15) is 5.82 Å². The predicted octanol–water partition coefficient (Wildman–Crippen LogP) is 1.26. The lowest BCUT2D eigenvalue weighted by Gasteiger charge is -2.32. The van der Waals surface area contributed by atoms with Gasteiger partial charge in [0.15, 0.2) is 5.78 Å². The highest BCUT2D eigenvalue weighted by Gasteiger charge is 2.22. The summed E-state index contributed by atoms with van der Waals surface area (Å²) in [5.74, 6) is 0.887. The molecule has 138 valence electrons. The molecule has 0 aromatic carbocycles. The number of nitrogens with two attached hydrogens (primary N) is 1. The molecule has 26 heavy (non-hydrogen) atoms. The van der Waals surface area contributed by atoms with Crippen molar-refractivity contribution in [1.29, 1.82) is 0 Å². The summed E-state index contributed by atoms with van der Waals surface area (Å²) in [7, 11) is 0. The highest BCUT2D eigenvalue weighted by atomic mass is 32.1. The number of nitrogen functional groups attached to an aromatic ring is 1. The Labute approximate surface area is 154 Å². The topological polar surface area (TPSA) is 121 Å². The fourth-order valence-electron chi connectivity index (χ4n) is 2.96. The number of H-pyrrole nitrogens is 1. The third-order valence-corrected chi connectivity index (χ3v) is 5.60. The van der Waals surface area contributed by atoms with Gasteiger partial charge >= 0.3 is 0 Å². The van der Waals surface area contributed by atoms with E-state index in [1.807, 2.05) is 4.90 Å². The van der Waals surface area contributed by atoms with Crippen molar-refractivity contribution in [3.05, 3.63) is 38.3 Å². The van der Waals surface area contributed by atoms with E-state index in [2.05, 4.69) is 15.3 Å². The molecule has 0 saturated carbocycles. The molecule has 2 aromatic heterocycles. The van der Waals surface area contributed by atoms with Gasteiger partial charge in [0.05, 0.1) is 9.75 Å². The standard InChI is InChI=1S/C17H21N5O3S/c1-10(23)12-2-3-13(26-12)16(25)19-9-11-4-6-22(7-5-11)14-8-15(24)21-17(18)20-14/h2-3,8,11H,4-7,9H2,1H3,(H,19,25)(H3,18,20,21,24). The van der Waals surface area contributed by atoms with E-state index in [1.54, 1.807) is 12.1 Å². The zero-order chi connectivity index (χ0) is 18.7. The largest absolute Gasteiger partial charge is 0.369 e. The average Bonchev–Trinajstić information content (AvgIpc) is 3.10. The molecule has 1 amide bonds. The lowest BCUT2D eigenvalue weighted by Crippen LogP contribution is -2.39. The summed E-state index contributed by atoms with van der Waals surface area (Å²) in [5, 5.41) is 2.94. The summed E-state index contributed by atoms with van der Waals surface area (Å²) in [6.45, 7) is 3.59. The maximum atomic E-state index is 12.2. The first kappa shape index (κ1) is 18.1. The summed E-state index contributed by atoms with van der Waals surface area (Å²) < 4.78 is 0. The number of anilines is 2. The van der Waals surface area contributed by atoms with Crippen LogP contribution < -0.4 is 21.5 Å². The molecule has 4 N–H and O–H groups in total. The van der Waals surface area contributed by atoms with Gasteiger partial charge in [-0.1, -0.05) is 0 Å². The van der Waals surface area contributed by atoms with Crippen LogP contribution >= 0.6 is 11.3 Å². The third kappa shape index (κ3) is 4.29. The first-order valence-corrected chi connectivity index (χ1v) is 9.25. The van der Waals surface area contributed by atoms with E-state index in [-0.39, 0.29) is 23.2 Å². The van der Waals surface area contributed by atoms with Crippen LogP contribution in [0, 0.1) is 5.92 Å². The highest BCUT2D eigenvalue weighted by molar-refractivity contribution is 7.15. The van der Waals surface area contributed by atoms with Gasteiger partial charge in [0, 0.05) is 25.7 Å². The van der Waals surface area contributed by atoms with E-state index in [4.69, 9.17) is 5.73 Å². The third-order valence-electron chi connectivity index (χ3n) is 4.41. The van der Waals surface area contributed by atoms with Crippen LogP contribution in [0.2, 0.25) is 0 Å². The molecule has 1 aliphatic rings. The number of aromatic amines is 1. The fraction of sp³-hybridized carbons (Fsp3) is 0.412. The van der Waals surface area contributed by atoms with Gasteiger partial charge in [0.25, 0.3) is 11.5 Å². The summed E-state index contributed by atoms with van der Waals surface area (Å²) >= 11 is 1.21. The molecular formula is C17H21N5O3S. The summed E-state index contributed by atoms with van der Waals surface area (Å²) in [6.07, 6.45) is 1.77. The second-order valence-electron chi connectivity index (χ2n) is 6.35. The van der Waals surface area contributed by atoms with Crippen molar-refractivity contribution in [2.75, 3.05) is 30.3 Å². The Morgan fingerprint density at radius 3 is 2.65 bits per heavy atom. The minimum Gasteiger partial charge on any atom is -0.369 e. The Hall–Kier alpha value is -2.68. The summed E-state index contributed by atoms with van der Waals surface area (Å²) in [4.78, 5) is 44.8. The number of Topliss-reactive ketones (excluding diaryl/α,β-unsaturated/α-hetero) is 1. The second kappa shape index (κ2) is 7.69. The number of carbonyl (C=O) groups is 2. The number of amides is 1. The quantitative estimate of drug-likeness (QED) is 0.677. The molecule has 2 aromatic rings. The number of ketones is 1. The molecular weight excluding hydrogens is 354 g/mol. The van der Waals surface area contributed by atoms with E-state index in [9.17, 15) is 14.4 Å². The number of nitrogens with one attached hydrogen (secondary N) is 2. The molecule has 1 fully saturated rings. The van der Waals surface area contributed by atoms with Crippen molar-refractivity contribution in [2.45, 2.75) is 19.8 Å². The molecule has 1 saturated heterocycles. The Balaban J connectivity index is 1.50. The van der Waals surface area contributed by atoms with Crippen LogP contribution in [-0.2, 0) is 0 Å². The van der Waals surface area contributed by atoms with Crippen LogP contribution in [0.5, 0.6) is 0 Å². The number of rotatable bonds is 5. The minimum absolute atomic E-state index is 0.0320. The SMILES string of the molecule is CC(=O)c1ccc(C(=O)NCC2CCN(c3cc(=O)[nH]c(N)n3)CC2)s1. The molecule has 0 bridgehead atoms. The molecule has 1 aliphatic heterocycles. The number of aromatic nitrogens is 2. The van der Waals surface area contributed by atoms with Crippen molar-refractivity contribution in [3.8, 4) is 0 Å². The van der Waals surface area contributed by atoms with Gasteiger partial charge in [-0.3, -0.25) is 19.4 Å². The van der Waals surface area contributed by atoms with Gasteiger partial charge in [-0.15, -0.1) is 11.3 Å². The molecule has 3 rings (SSSR count). The number of nitrogens with zero attached hydrogens (tertiary/aromatic N) is 2. The monoisotopic (exact) mass is 375 g/mol. The van der Waals surface area contributed by atoms with Gasteiger partial charge < -0.3 is 16.0 Å². The van der Waals surface area contributed by atoms with Crippen molar-refractivity contribution in [2.24, 2.45) is 5.92 Å².